The topological polar surface area (TPSA) is 75.2 Å². The minimum absolute atomic E-state index is 0.00628. The van der Waals surface area contributed by atoms with Gasteiger partial charge in [0.05, 0.1) is 5.75 Å². The summed E-state index contributed by atoms with van der Waals surface area (Å²) >= 11 is 1.56. The van der Waals surface area contributed by atoms with Gasteiger partial charge in [-0.25, -0.2) is 13.1 Å². The highest BCUT2D eigenvalue weighted by atomic mass is 32.2. The second kappa shape index (κ2) is 5.57. The molecular weight excluding hydrogens is 296 g/mol. The molecule has 114 valence electrons. The van der Waals surface area contributed by atoms with Crippen molar-refractivity contribution in [3.63, 3.8) is 0 Å². The van der Waals surface area contributed by atoms with Gasteiger partial charge in [-0.15, -0.1) is 10.2 Å². The van der Waals surface area contributed by atoms with Crippen molar-refractivity contribution in [2.45, 2.75) is 45.1 Å². The second-order valence-electron chi connectivity index (χ2n) is 6.11. The highest BCUT2D eigenvalue weighted by Crippen LogP contribution is 2.33. The molecule has 0 aliphatic carbocycles. The highest BCUT2D eigenvalue weighted by Gasteiger charge is 2.32. The van der Waals surface area contributed by atoms with Gasteiger partial charge in [0.25, 0.3) is 0 Å². The zero-order valence-corrected chi connectivity index (χ0v) is 14.0. The summed E-state index contributed by atoms with van der Waals surface area (Å²) in [6.07, 6.45) is 1.87. The third-order valence-electron chi connectivity index (χ3n) is 3.40. The monoisotopic (exact) mass is 318 g/mol. The van der Waals surface area contributed by atoms with Gasteiger partial charge in [0.15, 0.2) is 0 Å². The molecule has 2 heterocycles. The fraction of sp³-hybridized carbons (Fsp3) is 0.833. The first kappa shape index (κ1) is 15.7. The van der Waals surface area contributed by atoms with E-state index < -0.39 is 10.0 Å². The maximum atomic E-state index is 11.7. The lowest BCUT2D eigenvalue weighted by Gasteiger charge is -2.23. The Hall–Kier alpha value is -0.730. The summed E-state index contributed by atoms with van der Waals surface area (Å²) in [5.74, 6) is 0.119. The molecule has 0 spiro atoms. The molecule has 20 heavy (non-hydrogen) atoms. The zero-order chi connectivity index (χ0) is 15.0. The normalized spacial score (nSPS) is 20.6. The number of rotatable bonds is 4. The van der Waals surface area contributed by atoms with Crippen molar-refractivity contribution in [3.8, 4) is 0 Å². The number of aromatic nitrogens is 2. The Morgan fingerprint density at radius 3 is 2.65 bits per heavy atom. The SMILES string of the molecule is CNS(=O)(=O)CC1CCCN1c1nnc(C(C)(C)C)s1. The van der Waals surface area contributed by atoms with Crippen LogP contribution in [0.1, 0.15) is 38.6 Å². The van der Waals surface area contributed by atoms with E-state index in [4.69, 9.17) is 0 Å². The molecule has 1 N–H and O–H groups in total. The van der Waals surface area contributed by atoms with Crippen molar-refractivity contribution in [2.24, 2.45) is 0 Å². The standard InChI is InChI=1S/C12H22N4O2S2/c1-12(2,3)10-14-15-11(19-10)16-7-5-6-9(16)8-20(17,18)13-4/h9,13H,5-8H2,1-4H3. The van der Waals surface area contributed by atoms with Gasteiger partial charge in [-0.05, 0) is 19.9 Å². The molecule has 1 aliphatic heterocycles. The molecule has 2 rings (SSSR count). The van der Waals surface area contributed by atoms with Crippen LogP contribution >= 0.6 is 11.3 Å². The third-order valence-corrected chi connectivity index (χ3v) is 6.23. The van der Waals surface area contributed by atoms with Gasteiger partial charge < -0.3 is 4.90 Å². The Morgan fingerprint density at radius 1 is 1.40 bits per heavy atom. The lowest BCUT2D eigenvalue weighted by atomic mass is 9.98. The van der Waals surface area contributed by atoms with Crippen LogP contribution in [0.2, 0.25) is 0 Å². The van der Waals surface area contributed by atoms with Crippen LogP contribution in [-0.4, -0.2) is 44.0 Å². The summed E-state index contributed by atoms with van der Waals surface area (Å²) in [5.41, 5.74) is -0.0256. The highest BCUT2D eigenvalue weighted by molar-refractivity contribution is 7.89. The Kier molecular flexibility index (Phi) is 4.36. The van der Waals surface area contributed by atoms with Gasteiger partial charge in [0, 0.05) is 18.0 Å². The molecule has 0 aromatic carbocycles. The second-order valence-corrected chi connectivity index (χ2v) is 9.04. The fourth-order valence-corrected chi connectivity index (χ4v) is 4.25. The van der Waals surface area contributed by atoms with E-state index in [-0.39, 0.29) is 17.2 Å². The summed E-state index contributed by atoms with van der Waals surface area (Å²) in [6, 6.07) is -0.00628. The Morgan fingerprint density at radius 2 is 2.10 bits per heavy atom. The van der Waals surface area contributed by atoms with Gasteiger partial charge in [-0.1, -0.05) is 32.1 Å². The summed E-state index contributed by atoms with van der Waals surface area (Å²) in [4.78, 5) is 2.09. The average molecular weight is 318 g/mol. The molecule has 1 aliphatic rings. The van der Waals surface area contributed by atoms with Gasteiger partial charge in [-0.2, -0.15) is 0 Å². The van der Waals surface area contributed by atoms with E-state index in [0.717, 1.165) is 29.5 Å². The van der Waals surface area contributed by atoms with E-state index in [0.29, 0.717) is 0 Å². The summed E-state index contributed by atoms with van der Waals surface area (Å²) < 4.78 is 25.8. The first-order chi connectivity index (χ1) is 9.23. The van der Waals surface area contributed by atoms with Crippen LogP contribution in [0.5, 0.6) is 0 Å². The van der Waals surface area contributed by atoms with Crippen LogP contribution in [0.15, 0.2) is 0 Å². The Balaban J connectivity index is 2.17. The van der Waals surface area contributed by atoms with Gasteiger partial charge in [0.2, 0.25) is 15.2 Å². The third kappa shape index (κ3) is 3.48. The van der Waals surface area contributed by atoms with E-state index in [1.807, 2.05) is 0 Å². The zero-order valence-electron chi connectivity index (χ0n) is 12.4. The molecule has 6 nitrogen and oxygen atoms in total. The first-order valence-electron chi connectivity index (χ1n) is 6.75. The molecule has 8 heteroatoms. The molecule has 1 saturated heterocycles. The number of hydrogen-bond acceptors (Lipinski definition) is 6. The van der Waals surface area contributed by atoms with Crippen LogP contribution in [0, 0.1) is 0 Å². The van der Waals surface area contributed by atoms with Crippen molar-refractivity contribution in [3.05, 3.63) is 5.01 Å². The smallest absolute Gasteiger partial charge is 0.213 e. The van der Waals surface area contributed by atoms with Crippen LogP contribution < -0.4 is 9.62 Å². The number of sulfonamides is 1. The quantitative estimate of drug-likeness (QED) is 0.907. The van der Waals surface area contributed by atoms with Crippen molar-refractivity contribution < 1.29 is 8.42 Å². The molecule has 1 aromatic rings. The average Bonchev–Trinajstić information content (AvgIpc) is 2.95. The fourth-order valence-electron chi connectivity index (χ4n) is 2.23. The van der Waals surface area contributed by atoms with Crippen LogP contribution in [-0.2, 0) is 15.4 Å². The van der Waals surface area contributed by atoms with Crippen molar-refractivity contribution >= 4 is 26.5 Å². The molecule has 1 aromatic heterocycles. The summed E-state index contributed by atoms with van der Waals surface area (Å²) in [6.45, 7) is 7.15. The van der Waals surface area contributed by atoms with Gasteiger partial charge >= 0.3 is 0 Å². The van der Waals surface area contributed by atoms with E-state index in [1.165, 1.54) is 7.05 Å². The Labute approximate surface area is 124 Å². The van der Waals surface area contributed by atoms with Crippen molar-refractivity contribution in [1.82, 2.24) is 14.9 Å². The maximum Gasteiger partial charge on any atom is 0.213 e. The molecule has 1 fully saturated rings. The Bertz CT molecular complexity index is 562. The van der Waals surface area contributed by atoms with E-state index in [2.05, 4.69) is 40.6 Å². The van der Waals surface area contributed by atoms with Crippen molar-refractivity contribution in [2.75, 3.05) is 24.2 Å². The lowest BCUT2D eigenvalue weighted by molar-refractivity contribution is 0.576. The minimum atomic E-state index is -3.20. The van der Waals surface area contributed by atoms with Gasteiger partial charge in [-0.3, -0.25) is 0 Å². The maximum absolute atomic E-state index is 11.7. The predicted octanol–water partition coefficient (Wildman–Crippen LogP) is 1.35. The molecule has 0 saturated carbocycles. The molecule has 0 bridgehead atoms. The van der Waals surface area contributed by atoms with Crippen LogP contribution in [0.4, 0.5) is 5.13 Å². The summed E-state index contributed by atoms with van der Waals surface area (Å²) in [7, 11) is -1.75. The number of anilines is 1. The van der Waals surface area contributed by atoms with Crippen LogP contribution in [0.25, 0.3) is 0 Å². The summed E-state index contributed by atoms with van der Waals surface area (Å²) in [5, 5.41) is 10.3. The number of nitrogens with one attached hydrogen (secondary N) is 1. The van der Waals surface area contributed by atoms with Crippen molar-refractivity contribution in [1.29, 1.82) is 0 Å². The van der Waals surface area contributed by atoms with E-state index in [1.54, 1.807) is 11.3 Å². The predicted molar refractivity (Wildman–Crippen MR) is 81.8 cm³/mol. The molecule has 1 atom stereocenters. The minimum Gasteiger partial charge on any atom is -0.343 e. The lowest BCUT2D eigenvalue weighted by Crippen LogP contribution is -2.38. The van der Waals surface area contributed by atoms with Gasteiger partial charge in [0.1, 0.15) is 5.01 Å². The first-order valence-corrected chi connectivity index (χ1v) is 9.21. The molecule has 0 radical (unpaired) electrons. The number of hydrogen-bond donors (Lipinski definition) is 1. The molecule has 1 unspecified atom stereocenters. The van der Waals surface area contributed by atoms with E-state index >= 15 is 0 Å². The molecular formula is C12H22N4O2S2. The van der Waals surface area contributed by atoms with E-state index in [9.17, 15) is 8.42 Å². The van der Waals surface area contributed by atoms with Crippen LogP contribution in [0.3, 0.4) is 0 Å². The number of nitrogens with zero attached hydrogens (tertiary/aromatic N) is 3. The largest absolute Gasteiger partial charge is 0.343 e. The molecule has 0 amide bonds.